The predicted molar refractivity (Wildman–Crippen MR) is 76.0 cm³/mol. The largest absolute Gasteiger partial charge is 0.384 e. The van der Waals surface area contributed by atoms with Crippen molar-refractivity contribution in [1.29, 1.82) is 0 Å². The van der Waals surface area contributed by atoms with E-state index in [-0.39, 0.29) is 5.92 Å². The molecule has 0 aliphatic rings. The van der Waals surface area contributed by atoms with Crippen LogP contribution in [0.3, 0.4) is 0 Å². The maximum atomic E-state index is 5.77. The minimum absolute atomic E-state index is 0.262. The number of hydrogen-bond donors (Lipinski definition) is 2. The number of aromatic nitrogens is 4. The van der Waals surface area contributed by atoms with Gasteiger partial charge in [0, 0.05) is 24.7 Å². The molecule has 0 unspecified atom stereocenters. The first-order chi connectivity index (χ1) is 9.04. The molecule has 6 heteroatoms. The van der Waals surface area contributed by atoms with Crippen LogP contribution in [-0.4, -0.2) is 26.3 Å². The van der Waals surface area contributed by atoms with E-state index in [0.29, 0.717) is 5.82 Å². The third-order valence-corrected chi connectivity index (χ3v) is 2.69. The van der Waals surface area contributed by atoms with Crippen molar-refractivity contribution >= 4 is 11.6 Å². The smallest absolute Gasteiger partial charge is 0.135 e. The molecular weight excluding hydrogens is 240 g/mol. The van der Waals surface area contributed by atoms with E-state index in [0.717, 1.165) is 30.3 Å². The standard InChI is InChI=1S/C13H20N6/c1-9(2)13-17-11(14)6-12(18-13)15-4-5-19-8-10(3)7-16-19/h6-9H,4-5H2,1-3H3,(H3,14,15,17,18). The molecule has 2 rings (SSSR count). The summed E-state index contributed by atoms with van der Waals surface area (Å²) in [5.74, 6) is 2.28. The summed E-state index contributed by atoms with van der Waals surface area (Å²) in [6.07, 6.45) is 3.86. The molecule has 102 valence electrons. The lowest BCUT2D eigenvalue weighted by atomic mass is 10.2. The number of nitrogens with one attached hydrogen (secondary N) is 1. The number of aryl methyl sites for hydroxylation is 1. The Hall–Kier alpha value is -2.11. The number of nitrogen functional groups attached to an aromatic ring is 1. The highest BCUT2D eigenvalue weighted by Gasteiger charge is 2.06. The average molecular weight is 260 g/mol. The minimum Gasteiger partial charge on any atom is -0.384 e. The zero-order valence-corrected chi connectivity index (χ0v) is 11.6. The Balaban J connectivity index is 1.95. The van der Waals surface area contributed by atoms with Crippen molar-refractivity contribution in [2.45, 2.75) is 33.2 Å². The molecule has 0 aliphatic heterocycles. The molecule has 0 fully saturated rings. The fourth-order valence-electron chi connectivity index (χ4n) is 1.72. The number of rotatable bonds is 5. The van der Waals surface area contributed by atoms with Crippen molar-refractivity contribution in [1.82, 2.24) is 19.7 Å². The quantitative estimate of drug-likeness (QED) is 0.856. The van der Waals surface area contributed by atoms with Crippen LogP contribution in [0, 0.1) is 6.92 Å². The highest BCUT2D eigenvalue weighted by molar-refractivity contribution is 5.44. The first-order valence-corrected chi connectivity index (χ1v) is 6.42. The van der Waals surface area contributed by atoms with Gasteiger partial charge in [0.2, 0.25) is 0 Å². The predicted octanol–water partition coefficient (Wildman–Crippen LogP) is 1.80. The number of nitrogens with zero attached hydrogens (tertiary/aromatic N) is 4. The van der Waals surface area contributed by atoms with Gasteiger partial charge in [0.1, 0.15) is 17.5 Å². The summed E-state index contributed by atoms with van der Waals surface area (Å²) >= 11 is 0. The lowest BCUT2D eigenvalue weighted by Crippen LogP contribution is -2.13. The molecule has 0 aromatic carbocycles. The molecule has 3 N–H and O–H groups in total. The molecule has 0 spiro atoms. The van der Waals surface area contributed by atoms with Gasteiger partial charge in [0.05, 0.1) is 12.7 Å². The van der Waals surface area contributed by atoms with E-state index < -0.39 is 0 Å². The molecule has 0 aliphatic carbocycles. The Kier molecular flexibility index (Phi) is 3.99. The van der Waals surface area contributed by atoms with Crippen molar-refractivity contribution in [2.75, 3.05) is 17.6 Å². The molecule has 0 saturated heterocycles. The molecule has 0 radical (unpaired) electrons. The number of anilines is 2. The van der Waals surface area contributed by atoms with Crippen LogP contribution in [0.5, 0.6) is 0 Å². The highest BCUT2D eigenvalue weighted by atomic mass is 15.3. The average Bonchev–Trinajstić information content (AvgIpc) is 2.74. The van der Waals surface area contributed by atoms with Crippen molar-refractivity contribution in [3.05, 3.63) is 29.8 Å². The summed E-state index contributed by atoms with van der Waals surface area (Å²) in [5, 5.41) is 7.48. The first-order valence-electron chi connectivity index (χ1n) is 6.42. The van der Waals surface area contributed by atoms with E-state index in [9.17, 15) is 0 Å². The molecule has 0 saturated carbocycles. The SMILES string of the molecule is Cc1cnn(CCNc2cc(N)nc(C(C)C)n2)c1. The van der Waals surface area contributed by atoms with Gasteiger partial charge in [-0.1, -0.05) is 13.8 Å². The van der Waals surface area contributed by atoms with Gasteiger partial charge in [-0.25, -0.2) is 9.97 Å². The van der Waals surface area contributed by atoms with Gasteiger partial charge in [-0.2, -0.15) is 5.10 Å². The van der Waals surface area contributed by atoms with Gasteiger partial charge in [-0.05, 0) is 12.5 Å². The number of hydrogen-bond acceptors (Lipinski definition) is 5. The monoisotopic (exact) mass is 260 g/mol. The van der Waals surface area contributed by atoms with E-state index in [4.69, 9.17) is 5.73 Å². The van der Waals surface area contributed by atoms with Crippen LogP contribution >= 0.6 is 0 Å². The molecule has 0 bridgehead atoms. The Morgan fingerprint density at radius 3 is 2.79 bits per heavy atom. The second-order valence-electron chi connectivity index (χ2n) is 4.90. The second-order valence-corrected chi connectivity index (χ2v) is 4.90. The Morgan fingerprint density at radius 1 is 1.37 bits per heavy atom. The molecule has 2 aromatic heterocycles. The van der Waals surface area contributed by atoms with Crippen molar-refractivity contribution < 1.29 is 0 Å². The van der Waals surface area contributed by atoms with Crippen LogP contribution in [0.2, 0.25) is 0 Å². The molecule has 0 amide bonds. The highest BCUT2D eigenvalue weighted by Crippen LogP contribution is 2.14. The van der Waals surface area contributed by atoms with Gasteiger partial charge in [-0.3, -0.25) is 4.68 Å². The van der Waals surface area contributed by atoms with E-state index in [1.807, 2.05) is 37.8 Å². The first kappa shape index (κ1) is 13.3. The molecular formula is C13H20N6. The van der Waals surface area contributed by atoms with Crippen LogP contribution in [0.15, 0.2) is 18.5 Å². The summed E-state index contributed by atoms with van der Waals surface area (Å²) in [4.78, 5) is 8.65. The summed E-state index contributed by atoms with van der Waals surface area (Å²) in [7, 11) is 0. The second kappa shape index (κ2) is 5.69. The van der Waals surface area contributed by atoms with Gasteiger partial charge in [-0.15, -0.1) is 0 Å². The van der Waals surface area contributed by atoms with Crippen LogP contribution in [0.25, 0.3) is 0 Å². The Morgan fingerprint density at radius 2 is 2.16 bits per heavy atom. The van der Waals surface area contributed by atoms with Gasteiger partial charge >= 0.3 is 0 Å². The zero-order valence-electron chi connectivity index (χ0n) is 11.6. The molecule has 2 heterocycles. The van der Waals surface area contributed by atoms with E-state index in [1.54, 1.807) is 6.07 Å². The van der Waals surface area contributed by atoms with Crippen LogP contribution in [-0.2, 0) is 6.54 Å². The number of nitrogens with two attached hydrogens (primary N) is 1. The third-order valence-electron chi connectivity index (χ3n) is 2.69. The van der Waals surface area contributed by atoms with Crippen LogP contribution < -0.4 is 11.1 Å². The summed E-state index contributed by atoms with van der Waals surface area (Å²) in [6, 6.07) is 1.75. The third kappa shape index (κ3) is 3.67. The molecule has 0 atom stereocenters. The summed E-state index contributed by atoms with van der Waals surface area (Å²) < 4.78 is 1.90. The van der Waals surface area contributed by atoms with Crippen LogP contribution in [0.4, 0.5) is 11.6 Å². The van der Waals surface area contributed by atoms with Crippen molar-refractivity contribution in [3.63, 3.8) is 0 Å². The van der Waals surface area contributed by atoms with E-state index in [1.165, 1.54) is 0 Å². The maximum Gasteiger partial charge on any atom is 0.135 e. The lowest BCUT2D eigenvalue weighted by Gasteiger charge is -2.10. The van der Waals surface area contributed by atoms with Crippen molar-refractivity contribution in [3.8, 4) is 0 Å². The zero-order chi connectivity index (χ0) is 13.8. The molecule has 6 nitrogen and oxygen atoms in total. The normalized spacial score (nSPS) is 10.9. The summed E-state index contributed by atoms with van der Waals surface area (Å²) in [5.41, 5.74) is 6.94. The molecule has 2 aromatic rings. The maximum absolute atomic E-state index is 5.77. The fourth-order valence-corrected chi connectivity index (χ4v) is 1.72. The van der Waals surface area contributed by atoms with Gasteiger partial charge in [0.15, 0.2) is 0 Å². The van der Waals surface area contributed by atoms with Gasteiger partial charge < -0.3 is 11.1 Å². The van der Waals surface area contributed by atoms with Gasteiger partial charge in [0.25, 0.3) is 0 Å². The van der Waals surface area contributed by atoms with E-state index in [2.05, 4.69) is 20.4 Å². The fraction of sp³-hybridized carbons (Fsp3) is 0.462. The van der Waals surface area contributed by atoms with E-state index >= 15 is 0 Å². The summed E-state index contributed by atoms with van der Waals surface area (Å²) in [6.45, 7) is 7.65. The minimum atomic E-state index is 0.262. The Bertz CT molecular complexity index is 546. The topological polar surface area (TPSA) is 81.7 Å². The molecule has 19 heavy (non-hydrogen) atoms. The lowest BCUT2D eigenvalue weighted by molar-refractivity contribution is 0.636. The van der Waals surface area contributed by atoms with Crippen molar-refractivity contribution in [2.24, 2.45) is 0 Å². The Labute approximate surface area is 113 Å². The van der Waals surface area contributed by atoms with Crippen LogP contribution in [0.1, 0.15) is 31.2 Å².